The van der Waals surface area contributed by atoms with E-state index in [1.54, 1.807) is 6.92 Å². The van der Waals surface area contributed by atoms with Crippen LogP contribution in [-0.2, 0) is 14.9 Å². The van der Waals surface area contributed by atoms with Crippen molar-refractivity contribution in [2.75, 3.05) is 31.7 Å². The first-order valence-corrected chi connectivity index (χ1v) is 8.12. The van der Waals surface area contributed by atoms with Crippen molar-refractivity contribution in [3.63, 3.8) is 0 Å². The topological polar surface area (TPSA) is 68.5 Å². The Labute approximate surface area is 122 Å². The number of aromatic nitrogens is 2. The fraction of sp³-hybridized carbons (Fsp3) is 0.769. The first kappa shape index (κ1) is 13.9. The molecule has 1 aromatic rings. The van der Waals surface area contributed by atoms with Crippen molar-refractivity contribution < 1.29 is 14.1 Å². The summed E-state index contributed by atoms with van der Waals surface area (Å²) in [5.41, 5.74) is -0.665. The minimum absolute atomic E-state index is 0.171. The van der Waals surface area contributed by atoms with Gasteiger partial charge < -0.3 is 9.26 Å². The molecule has 2 fully saturated rings. The van der Waals surface area contributed by atoms with Crippen molar-refractivity contribution in [2.24, 2.45) is 0 Å². The number of thioether (sulfide) groups is 1. The molecule has 1 aliphatic carbocycles. The van der Waals surface area contributed by atoms with Gasteiger partial charge in [-0.25, -0.2) is 0 Å². The van der Waals surface area contributed by atoms with Crippen LogP contribution in [0.5, 0.6) is 0 Å². The number of carbonyl (C=O) groups excluding carboxylic acids is 1. The Morgan fingerprint density at radius 1 is 1.60 bits per heavy atom. The second-order valence-corrected chi connectivity index (χ2v) is 6.48. The minimum atomic E-state index is -0.665. The summed E-state index contributed by atoms with van der Waals surface area (Å²) in [6, 6.07) is 0.171. The molecule has 0 aromatic carbocycles. The number of nitrogens with zero attached hydrogens (tertiary/aromatic N) is 3. The minimum Gasteiger partial charge on any atom is -0.465 e. The molecule has 1 aromatic heterocycles. The van der Waals surface area contributed by atoms with Crippen LogP contribution in [0, 0.1) is 0 Å². The van der Waals surface area contributed by atoms with E-state index in [1.165, 1.54) is 0 Å². The Hall–Kier alpha value is -1.08. The molecule has 3 rings (SSSR count). The van der Waals surface area contributed by atoms with E-state index in [1.807, 2.05) is 11.8 Å². The Kier molecular flexibility index (Phi) is 3.72. The predicted molar refractivity (Wildman–Crippen MR) is 74.5 cm³/mol. The van der Waals surface area contributed by atoms with E-state index in [0.717, 1.165) is 30.9 Å². The first-order chi connectivity index (χ1) is 9.67. The third-order valence-electron chi connectivity index (χ3n) is 3.96. The van der Waals surface area contributed by atoms with Gasteiger partial charge >= 0.3 is 5.97 Å². The maximum absolute atomic E-state index is 12.0. The molecule has 0 amide bonds. The molecule has 1 aliphatic heterocycles. The van der Waals surface area contributed by atoms with E-state index in [-0.39, 0.29) is 12.0 Å². The molecule has 0 radical (unpaired) electrons. The summed E-state index contributed by atoms with van der Waals surface area (Å²) in [4.78, 5) is 18.7. The molecule has 1 saturated carbocycles. The van der Waals surface area contributed by atoms with Crippen molar-refractivity contribution in [1.82, 2.24) is 15.0 Å². The van der Waals surface area contributed by atoms with Crippen LogP contribution in [0.15, 0.2) is 4.52 Å². The largest absolute Gasteiger partial charge is 0.465 e. The Balaban J connectivity index is 1.78. The number of rotatable bonds is 4. The van der Waals surface area contributed by atoms with Crippen LogP contribution in [0.2, 0.25) is 0 Å². The van der Waals surface area contributed by atoms with Gasteiger partial charge in [-0.15, -0.1) is 0 Å². The highest BCUT2D eigenvalue weighted by molar-refractivity contribution is 7.99. The van der Waals surface area contributed by atoms with Crippen molar-refractivity contribution in [3.8, 4) is 0 Å². The van der Waals surface area contributed by atoms with Crippen LogP contribution in [0.4, 0.5) is 0 Å². The third kappa shape index (κ3) is 2.33. The molecule has 0 spiro atoms. The average Bonchev–Trinajstić information content (AvgIpc) is 3.12. The van der Waals surface area contributed by atoms with Crippen LogP contribution in [0.25, 0.3) is 0 Å². The quantitative estimate of drug-likeness (QED) is 0.778. The van der Waals surface area contributed by atoms with Gasteiger partial charge in [0, 0.05) is 18.1 Å². The van der Waals surface area contributed by atoms with Crippen LogP contribution < -0.4 is 0 Å². The van der Waals surface area contributed by atoms with Gasteiger partial charge in [0.2, 0.25) is 5.89 Å². The fourth-order valence-electron chi connectivity index (χ4n) is 2.42. The lowest BCUT2D eigenvalue weighted by atomic mass is 10.1. The molecule has 7 heteroatoms. The Bertz CT molecular complexity index is 501. The van der Waals surface area contributed by atoms with Crippen molar-refractivity contribution in [1.29, 1.82) is 0 Å². The maximum atomic E-state index is 12.0. The van der Waals surface area contributed by atoms with Gasteiger partial charge in [-0.1, -0.05) is 5.16 Å². The van der Waals surface area contributed by atoms with Crippen molar-refractivity contribution in [3.05, 3.63) is 11.7 Å². The zero-order valence-electron chi connectivity index (χ0n) is 11.8. The normalized spacial score (nSPS) is 25.4. The zero-order valence-corrected chi connectivity index (χ0v) is 12.6. The molecule has 6 nitrogen and oxygen atoms in total. The van der Waals surface area contributed by atoms with Gasteiger partial charge in [-0.05, 0) is 26.8 Å². The summed E-state index contributed by atoms with van der Waals surface area (Å²) in [6.07, 6.45) is 1.48. The van der Waals surface area contributed by atoms with Gasteiger partial charge in [-0.3, -0.25) is 9.69 Å². The summed E-state index contributed by atoms with van der Waals surface area (Å²) in [5, 5.41) is 4.09. The highest BCUT2D eigenvalue weighted by Crippen LogP contribution is 2.48. The smallest absolute Gasteiger partial charge is 0.321 e. The van der Waals surface area contributed by atoms with Gasteiger partial charge in [0.25, 0.3) is 0 Å². The standard InChI is InChI=1S/C13H19N3O3S/c1-3-18-12(17)13(4-5-13)11-14-10(15-19-11)9-8-20-7-6-16(9)2/h9H,3-8H2,1-2H3. The third-order valence-corrected chi connectivity index (χ3v) is 4.98. The maximum Gasteiger partial charge on any atom is 0.321 e. The lowest BCUT2D eigenvalue weighted by Crippen LogP contribution is -2.33. The molecule has 1 unspecified atom stereocenters. The number of hydrogen-bond donors (Lipinski definition) is 0. The summed E-state index contributed by atoms with van der Waals surface area (Å²) in [7, 11) is 2.07. The summed E-state index contributed by atoms with van der Waals surface area (Å²) >= 11 is 1.89. The van der Waals surface area contributed by atoms with Gasteiger partial charge in [-0.2, -0.15) is 16.7 Å². The fourth-order valence-corrected chi connectivity index (χ4v) is 3.63. The number of ether oxygens (including phenoxy) is 1. The Morgan fingerprint density at radius 2 is 2.40 bits per heavy atom. The monoisotopic (exact) mass is 297 g/mol. The van der Waals surface area contributed by atoms with Crippen molar-refractivity contribution in [2.45, 2.75) is 31.2 Å². The molecule has 20 heavy (non-hydrogen) atoms. The molecule has 0 N–H and O–H groups in total. The van der Waals surface area contributed by atoms with Crippen LogP contribution in [-0.4, -0.2) is 52.7 Å². The van der Waals surface area contributed by atoms with Crippen LogP contribution in [0.1, 0.15) is 37.5 Å². The average molecular weight is 297 g/mol. The van der Waals surface area contributed by atoms with E-state index in [4.69, 9.17) is 9.26 Å². The number of esters is 1. The SMILES string of the molecule is CCOC(=O)C1(c2nc(C3CSCCN3C)no2)CC1. The molecular formula is C13H19N3O3S. The molecule has 1 saturated heterocycles. The molecule has 110 valence electrons. The summed E-state index contributed by atoms with van der Waals surface area (Å²) < 4.78 is 10.5. The van der Waals surface area contributed by atoms with Crippen molar-refractivity contribution >= 4 is 17.7 Å². The second-order valence-electron chi connectivity index (χ2n) is 5.33. The molecule has 2 aliphatic rings. The van der Waals surface area contributed by atoms with Crippen LogP contribution >= 0.6 is 11.8 Å². The first-order valence-electron chi connectivity index (χ1n) is 6.96. The van der Waals surface area contributed by atoms with E-state index in [9.17, 15) is 4.79 Å². The lowest BCUT2D eigenvalue weighted by Gasteiger charge is -2.29. The highest BCUT2D eigenvalue weighted by Gasteiger charge is 2.57. The molecule has 0 bridgehead atoms. The van der Waals surface area contributed by atoms with E-state index in [2.05, 4.69) is 22.1 Å². The van der Waals surface area contributed by atoms with Gasteiger partial charge in [0.1, 0.15) is 5.41 Å². The second kappa shape index (κ2) is 5.37. The van der Waals surface area contributed by atoms with Crippen LogP contribution in [0.3, 0.4) is 0 Å². The van der Waals surface area contributed by atoms with Gasteiger partial charge in [0.15, 0.2) is 5.82 Å². The molecule has 2 heterocycles. The number of hydrogen-bond acceptors (Lipinski definition) is 7. The molecular weight excluding hydrogens is 278 g/mol. The van der Waals surface area contributed by atoms with E-state index >= 15 is 0 Å². The number of carbonyl (C=O) groups is 1. The Morgan fingerprint density at radius 3 is 3.05 bits per heavy atom. The summed E-state index contributed by atoms with van der Waals surface area (Å²) in [5.74, 6) is 2.97. The summed E-state index contributed by atoms with van der Waals surface area (Å²) in [6.45, 7) is 3.20. The lowest BCUT2D eigenvalue weighted by molar-refractivity contribution is -0.146. The predicted octanol–water partition coefficient (Wildman–Crippen LogP) is 1.38. The molecule has 1 atom stereocenters. The van der Waals surface area contributed by atoms with E-state index in [0.29, 0.717) is 18.3 Å². The highest BCUT2D eigenvalue weighted by atomic mass is 32.2. The van der Waals surface area contributed by atoms with Gasteiger partial charge in [0.05, 0.1) is 12.6 Å². The van der Waals surface area contributed by atoms with E-state index < -0.39 is 5.41 Å². The zero-order chi connectivity index (χ0) is 14.2.